The fourth-order valence-electron chi connectivity index (χ4n) is 3.51. The van der Waals surface area contributed by atoms with Crippen molar-refractivity contribution in [3.8, 4) is 5.75 Å². The lowest BCUT2D eigenvalue weighted by Gasteiger charge is -2.26. The minimum atomic E-state index is -0.243. The van der Waals surface area contributed by atoms with E-state index in [-0.39, 0.29) is 11.7 Å². The van der Waals surface area contributed by atoms with Gasteiger partial charge in [0.25, 0.3) is 5.91 Å². The van der Waals surface area contributed by atoms with Gasteiger partial charge in [-0.05, 0) is 60.7 Å². The Morgan fingerprint density at radius 2 is 1.70 bits per heavy atom. The zero-order chi connectivity index (χ0) is 19.2. The monoisotopic (exact) mass is 366 g/mol. The smallest absolute Gasteiger partial charge is 0.255 e. The SMILES string of the molecule is CC(C)c1ccc(O)c(C(=O)NCc2ccc(CN3CCCCC3)cc2)c1. The number of rotatable bonds is 6. The first-order valence-corrected chi connectivity index (χ1v) is 9.94. The molecule has 2 aromatic rings. The Labute approximate surface area is 162 Å². The van der Waals surface area contributed by atoms with Crippen LogP contribution in [0.15, 0.2) is 42.5 Å². The summed E-state index contributed by atoms with van der Waals surface area (Å²) < 4.78 is 0. The molecule has 4 nitrogen and oxygen atoms in total. The van der Waals surface area contributed by atoms with E-state index in [1.54, 1.807) is 12.1 Å². The van der Waals surface area contributed by atoms with E-state index in [0.29, 0.717) is 18.0 Å². The highest BCUT2D eigenvalue weighted by Crippen LogP contribution is 2.23. The third kappa shape index (κ3) is 5.33. The molecule has 1 amide bonds. The van der Waals surface area contributed by atoms with E-state index in [0.717, 1.165) is 17.7 Å². The molecule has 0 radical (unpaired) electrons. The predicted molar refractivity (Wildman–Crippen MR) is 109 cm³/mol. The number of hydrogen-bond donors (Lipinski definition) is 2. The van der Waals surface area contributed by atoms with Gasteiger partial charge in [0.15, 0.2) is 0 Å². The second-order valence-electron chi connectivity index (χ2n) is 7.77. The minimum Gasteiger partial charge on any atom is -0.507 e. The zero-order valence-electron chi connectivity index (χ0n) is 16.4. The van der Waals surface area contributed by atoms with Crippen LogP contribution in [0.5, 0.6) is 5.75 Å². The van der Waals surface area contributed by atoms with E-state index in [9.17, 15) is 9.90 Å². The molecule has 0 aromatic heterocycles. The number of phenolic OH excluding ortho intramolecular Hbond substituents is 1. The summed E-state index contributed by atoms with van der Waals surface area (Å²) in [4.78, 5) is 15.0. The van der Waals surface area contributed by atoms with Crippen molar-refractivity contribution in [2.45, 2.75) is 52.1 Å². The van der Waals surface area contributed by atoms with Crippen LogP contribution in [-0.4, -0.2) is 29.0 Å². The Balaban J connectivity index is 1.56. The first-order valence-electron chi connectivity index (χ1n) is 9.94. The highest BCUT2D eigenvalue weighted by molar-refractivity contribution is 5.97. The molecule has 1 heterocycles. The van der Waals surface area contributed by atoms with Crippen LogP contribution in [-0.2, 0) is 13.1 Å². The van der Waals surface area contributed by atoms with Crippen molar-refractivity contribution in [2.75, 3.05) is 13.1 Å². The molecular weight excluding hydrogens is 336 g/mol. The largest absolute Gasteiger partial charge is 0.507 e. The summed E-state index contributed by atoms with van der Waals surface area (Å²) in [5.74, 6) is 0.0887. The lowest BCUT2D eigenvalue weighted by atomic mass is 10.00. The molecule has 1 fully saturated rings. The molecule has 4 heteroatoms. The zero-order valence-corrected chi connectivity index (χ0v) is 16.4. The molecule has 0 unspecified atom stereocenters. The van der Waals surface area contributed by atoms with E-state index >= 15 is 0 Å². The number of likely N-dealkylation sites (tertiary alicyclic amines) is 1. The number of carbonyl (C=O) groups is 1. The summed E-state index contributed by atoms with van der Waals surface area (Å²) in [5.41, 5.74) is 3.75. The average molecular weight is 367 g/mol. The van der Waals surface area contributed by atoms with Gasteiger partial charge < -0.3 is 10.4 Å². The standard InChI is InChI=1S/C23H30N2O2/c1-17(2)20-10-11-22(26)21(14-20)23(27)24-15-18-6-8-19(9-7-18)16-25-12-4-3-5-13-25/h6-11,14,17,26H,3-5,12-13,15-16H2,1-2H3,(H,24,27). The maximum atomic E-state index is 12.5. The molecule has 0 atom stereocenters. The number of nitrogens with one attached hydrogen (secondary N) is 1. The third-order valence-electron chi connectivity index (χ3n) is 5.26. The van der Waals surface area contributed by atoms with Crippen LogP contribution in [0.4, 0.5) is 0 Å². The molecule has 1 aliphatic heterocycles. The van der Waals surface area contributed by atoms with Crippen LogP contribution in [0.25, 0.3) is 0 Å². The molecule has 0 spiro atoms. The normalized spacial score (nSPS) is 15.1. The Hall–Kier alpha value is -2.33. The van der Waals surface area contributed by atoms with Crippen molar-refractivity contribution in [3.63, 3.8) is 0 Å². The van der Waals surface area contributed by atoms with E-state index in [1.807, 2.05) is 6.07 Å². The van der Waals surface area contributed by atoms with Crippen LogP contribution in [0.1, 0.15) is 66.1 Å². The minimum absolute atomic E-state index is 0.0220. The van der Waals surface area contributed by atoms with Crippen molar-refractivity contribution >= 4 is 5.91 Å². The average Bonchev–Trinajstić information content (AvgIpc) is 2.68. The second kappa shape index (κ2) is 9.05. The molecule has 144 valence electrons. The van der Waals surface area contributed by atoms with Gasteiger partial charge in [-0.15, -0.1) is 0 Å². The molecule has 1 aliphatic rings. The van der Waals surface area contributed by atoms with Gasteiger partial charge in [-0.3, -0.25) is 9.69 Å². The summed E-state index contributed by atoms with van der Waals surface area (Å²) in [5, 5.41) is 12.9. The van der Waals surface area contributed by atoms with Crippen molar-refractivity contribution in [1.82, 2.24) is 10.2 Å². The van der Waals surface area contributed by atoms with Crippen LogP contribution in [0, 0.1) is 0 Å². The van der Waals surface area contributed by atoms with Crippen LogP contribution >= 0.6 is 0 Å². The molecule has 0 bridgehead atoms. The fourth-order valence-corrected chi connectivity index (χ4v) is 3.51. The summed E-state index contributed by atoms with van der Waals surface area (Å²) in [7, 11) is 0. The number of amides is 1. The molecule has 1 saturated heterocycles. The lowest BCUT2D eigenvalue weighted by molar-refractivity contribution is 0.0948. The first-order chi connectivity index (χ1) is 13.0. The van der Waals surface area contributed by atoms with E-state index in [4.69, 9.17) is 0 Å². The predicted octanol–water partition coefficient (Wildman–Crippen LogP) is 4.43. The van der Waals surface area contributed by atoms with E-state index in [2.05, 4.69) is 48.3 Å². The molecule has 27 heavy (non-hydrogen) atoms. The van der Waals surface area contributed by atoms with Crippen LogP contribution in [0.2, 0.25) is 0 Å². The highest BCUT2D eigenvalue weighted by Gasteiger charge is 2.13. The molecular formula is C23H30N2O2. The van der Waals surface area contributed by atoms with Crippen LogP contribution in [0.3, 0.4) is 0 Å². The number of hydrogen-bond acceptors (Lipinski definition) is 3. The van der Waals surface area contributed by atoms with Crippen molar-refractivity contribution in [3.05, 3.63) is 64.7 Å². The second-order valence-corrected chi connectivity index (χ2v) is 7.77. The summed E-state index contributed by atoms with van der Waals surface area (Å²) in [6.45, 7) is 7.98. The van der Waals surface area contributed by atoms with Crippen molar-refractivity contribution in [2.24, 2.45) is 0 Å². The van der Waals surface area contributed by atoms with Gasteiger partial charge in [-0.25, -0.2) is 0 Å². The number of carbonyl (C=O) groups excluding carboxylic acids is 1. The maximum Gasteiger partial charge on any atom is 0.255 e. The molecule has 3 rings (SSSR count). The van der Waals surface area contributed by atoms with Crippen molar-refractivity contribution in [1.29, 1.82) is 0 Å². The van der Waals surface area contributed by atoms with E-state index in [1.165, 1.54) is 37.9 Å². The number of phenols is 1. The van der Waals surface area contributed by atoms with Gasteiger partial charge in [0, 0.05) is 13.1 Å². The summed E-state index contributed by atoms with van der Waals surface area (Å²) in [6.07, 6.45) is 3.95. The molecule has 2 N–H and O–H groups in total. The number of nitrogens with zero attached hydrogens (tertiary/aromatic N) is 1. The topological polar surface area (TPSA) is 52.6 Å². The van der Waals surface area contributed by atoms with Crippen LogP contribution < -0.4 is 5.32 Å². The Bertz CT molecular complexity index is 762. The van der Waals surface area contributed by atoms with Gasteiger partial charge >= 0.3 is 0 Å². The lowest BCUT2D eigenvalue weighted by Crippen LogP contribution is -2.29. The van der Waals surface area contributed by atoms with E-state index < -0.39 is 0 Å². The van der Waals surface area contributed by atoms with Gasteiger partial charge in [-0.2, -0.15) is 0 Å². The van der Waals surface area contributed by atoms with Gasteiger partial charge in [0.2, 0.25) is 0 Å². The number of piperidine rings is 1. The molecule has 2 aromatic carbocycles. The Kier molecular flexibility index (Phi) is 6.51. The summed E-state index contributed by atoms with van der Waals surface area (Å²) >= 11 is 0. The van der Waals surface area contributed by atoms with Crippen molar-refractivity contribution < 1.29 is 9.90 Å². The maximum absolute atomic E-state index is 12.5. The number of benzene rings is 2. The Morgan fingerprint density at radius 3 is 2.37 bits per heavy atom. The van der Waals surface area contributed by atoms with Gasteiger partial charge in [0.1, 0.15) is 5.75 Å². The number of aromatic hydroxyl groups is 1. The first kappa shape index (κ1) is 19.4. The molecule has 0 aliphatic carbocycles. The third-order valence-corrected chi connectivity index (χ3v) is 5.26. The Morgan fingerprint density at radius 1 is 1.04 bits per heavy atom. The van der Waals surface area contributed by atoms with Gasteiger partial charge in [-0.1, -0.05) is 50.6 Å². The molecule has 0 saturated carbocycles. The summed E-state index contributed by atoms with van der Waals surface area (Å²) in [6, 6.07) is 13.7. The quantitative estimate of drug-likeness (QED) is 0.795. The van der Waals surface area contributed by atoms with Gasteiger partial charge in [0.05, 0.1) is 5.56 Å². The highest BCUT2D eigenvalue weighted by atomic mass is 16.3. The fraction of sp³-hybridized carbons (Fsp3) is 0.435.